The van der Waals surface area contributed by atoms with E-state index in [0.717, 1.165) is 43.3 Å². The first-order valence-electron chi connectivity index (χ1n) is 9.90. The van der Waals surface area contributed by atoms with Crippen LogP contribution in [0.5, 0.6) is 0 Å². The van der Waals surface area contributed by atoms with Gasteiger partial charge in [-0.05, 0) is 42.3 Å². The van der Waals surface area contributed by atoms with Gasteiger partial charge in [-0.25, -0.2) is 0 Å². The van der Waals surface area contributed by atoms with Gasteiger partial charge in [0.1, 0.15) is 0 Å². The third-order valence-corrected chi connectivity index (χ3v) is 6.07. The zero-order valence-electron chi connectivity index (χ0n) is 16.4. The number of nitrogens with zero attached hydrogens (tertiary/aromatic N) is 1. The van der Waals surface area contributed by atoms with Crippen LogP contribution >= 0.6 is 15.9 Å². The van der Waals surface area contributed by atoms with E-state index in [4.69, 9.17) is 0 Å². The van der Waals surface area contributed by atoms with Gasteiger partial charge in [0.15, 0.2) is 0 Å². The largest absolute Gasteiger partial charge is 0.321 e. The van der Waals surface area contributed by atoms with Gasteiger partial charge in [0.05, 0.1) is 17.3 Å². The maximum absolute atomic E-state index is 13.2. The monoisotopic (exact) mass is 457 g/mol. The van der Waals surface area contributed by atoms with Crippen LogP contribution in [-0.2, 0) is 0 Å². The standard InChI is InChI=1S/C25H20BrN3O/c1-15-7-12-20-19(13-15)23(17-5-3-2-4-6-17)24(25(30)27-20)22-14-21(28-29-22)16-8-10-18(26)11-9-16/h2-13,21,28H,14H2,1H3,(H,27,30). The molecule has 0 bridgehead atoms. The normalized spacial score (nSPS) is 15.8. The number of aromatic amines is 1. The van der Waals surface area contributed by atoms with Gasteiger partial charge in [0, 0.05) is 27.4 Å². The molecule has 0 aliphatic carbocycles. The number of aryl methyl sites for hydroxylation is 1. The minimum atomic E-state index is -0.109. The third kappa shape index (κ3) is 3.35. The summed E-state index contributed by atoms with van der Waals surface area (Å²) in [6.45, 7) is 2.07. The Kier molecular flexibility index (Phi) is 4.75. The molecule has 5 heteroatoms. The summed E-state index contributed by atoms with van der Waals surface area (Å²) in [5.41, 5.74) is 9.63. The average Bonchev–Trinajstić information content (AvgIpc) is 3.24. The first-order valence-corrected chi connectivity index (χ1v) is 10.7. The van der Waals surface area contributed by atoms with Crippen molar-refractivity contribution in [2.75, 3.05) is 0 Å². The van der Waals surface area contributed by atoms with Crippen molar-refractivity contribution in [3.05, 3.63) is 104 Å². The number of rotatable bonds is 3. The highest BCUT2D eigenvalue weighted by Gasteiger charge is 2.26. The van der Waals surface area contributed by atoms with E-state index < -0.39 is 0 Å². The minimum Gasteiger partial charge on any atom is -0.321 e. The molecule has 0 fully saturated rings. The fourth-order valence-corrected chi connectivity index (χ4v) is 4.34. The second-order valence-electron chi connectivity index (χ2n) is 7.62. The quantitative estimate of drug-likeness (QED) is 0.414. The summed E-state index contributed by atoms with van der Waals surface area (Å²) in [5, 5.41) is 5.63. The maximum Gasteiger partial charge on any atom is 0.258 e. The molecule has 4 aromatic rings. The first kappa shape index (κ1) is 18.8. The van der Waals surface area contributed by atoms with E-state index in [1.54, 1.807) is 0 Å². The molecule has 0 amide bonds. The van der Waals surface area contributed by atoms with E-state index in [9.17, 15) is 4.79 Å². The molecule has 0 saturated heterocycles. The van der Waals surface area contributed by atoms with Crippen LogP contribution in [0.2, 0.25) is 0 Å². The van der Waals surface area contributed by atoms with Gasteiger partial charge in [0.25, 0.3) is 5.56 Å². The molecule has 0 spiro atoms. The number of benzene rings is 3. The molecule has 1 unspecified atom stereocenters. The summed E-state index contributed by atoms with van der Waals surface area (Å²) in [4.78, 5) is 16.3. The number of nitrogens with one attached hydrogen (secondary N) is 2. The summed E-state index contributed by atoms with van der Waals surface area (Å²) < 4.78 is 1.04. The maximum atomic E-state index is 13.2. The lowest BCUT2D eigenvalue weighted by Gasteiger charge is -2.14. The summed E-state index contributed by atoms with van der Waals surface area (Å²) >= 11 is 3.48. The van der Waals surface area contributed by atoms with Gasteiger partial charge in [-0.3, -0.25) is 4.79 Å². The highest BCUT2D eigenvalue weighted by molar-refractivity contribution is 9.10. The SMILES string of the molecule is Cc1ccc2[nH]c(=O)c(C3=NNC(c4ccc(Br)cc4)C3)c(-c3ccccc3)c2c1. The van der Waals surface area contributed by atoms with Crippen LogP contribution in [0, 0.1) is 6.92 Å². The Labute approximate surface area is 182 Å². The summed E-state index contributed by atoms with van der Waals surface area (Å²) in [6.07, 6.45) is 0.655. The predicted octanol–water partition coefficient (Wildman–Crippen LogP) is 5.70. The lowest BCUT2D eigenvalue weighted by atomic mass is 9.91. The molecule has 2 heterocycles. The molecule has 0 radical (unpaired) electrons. The fraction of sp³-hybridized carbons (Fsp3) is 0.120. The number of pyridine rings is 1. The second kappa shape index (κ2) is 7.58. The lowest BCUT2D eigenvalue weighted by Crippen LogP contribution is -2.20. The fourth-order valence-electron chi connectivity index (χ4n) is 4.07. The van der Waals surface area contributed by atoms with Gasteiger partial charge in [-0.1, -0.05) is 70.0 Å². The van der Waals surface area contributed by atoms with Crippen LogP contribution in [0.4, 0.5) is 0 Å². The number of hydrogen-bond acceptors (Lipinski definition) is 3. The van der Waals surface area contributed by atoms with Gasteiger partial charge in [0.2, 0.25) is 0 Å². The number of hydrazone groups is 1. The van der Waals surface area contributed by atoms with Crippen molar-refractivity contribution in [3.8, 4) is 11.1 Å². The molecule has 0 saturated carbocycles. The highest BCUT2D eigenvalue weighted by Crippen LogP contribution is 2.33. The second-order valence-corrected chi connectivity index (χ2v) is 8.53. The van der Waals surface area contributed by atoms with Crippen LogP contribution in [-0.4, -0.2) is 10.7 Å². The van der Waals surface area contributed by atoms with E-state index in [1.165, 1.54) is 0 Å². The van der Waals surface area contributed by atoms with Crippen LogP contribution in [0.25, 0.3) is 22.0 Å². The van der Waals surface area contributed by atoms with E-state index in [-0.39, 0.29) is 11.6 Å². The minimum absolute atomic E-state index is 0.0457. The summed E-state index contributed by atoms with van der Waals surface area (Å²) in [5.74, 6) is 0. The molecule has 1 aliphatic heterocycles. The molecular weight excluding hydrogens is 438 g/mol. The number of hydrogen-bond donors (Lipinski definition) is 2. The van der Waals surface area contributed by atoms with E-state index in [0.29, 0.717) is 12.0 Å². The molecule has 5 rings (SSSR count). The average molecular weight is 458 g/mol. The number of fused-ring (bicyclic) bond motifs is 1. The van der Waals surface area contributed by atoms with Crippen LogP contribution < -0.4 is 11.0 Å². The zero-order chi connectivity index (χ0) is 20.7. The van der Waals surface area contributed by atoms with Crippen molar-refractivity contribution in [3.63, 3.8) is 0 Å². The predicted molar refractivity (Wildman–Crippen MR) is 126 cm³/mol. The van der Waals surface area contributed by atoms with Crippen molar-refractivity contribution in [2.45, 2.75) is 19.4 Å². The van der Waals surface area contributed by atoms with Crippen molar-refractivity contribution in [1.29, 1.82) is 0 Å². The van der Waals surface area contributed by atoms with Gasteiger partial charge >= 0.3 is 0 Å². The third-order valence-electron chi connectivity index (χ3n) is 5.55. The highest BCUT2D eigenvalue weighted by atomic mass is 79.9. The number of halogens is 1. The molecule has 4 nitrogen and oxygen atoms in total. The smallest absolute Gasteiger partial charge is 0.258 e. The van der Waals surface area contributed by atoms with Gasteiger partial charge < -0.3 is 10.4 Å². The molecule has 148 valence electrons. The van der Waals surface area contributed by atoms with Crippen molar-refractivity contribution in [1.82, 2.24) is 10.4 Å². The molecule has 1 aliphatic rings. The number of H-pyrrole nitrogens is 1. The van der Waals surface area contributed by atoms with Crippen LogP contribution in [0.15, 0.2) is 87.2 Å². The van der Waals surface area contributed by atoms with E-state index in [2.05, 4.69) is 68.7 Å². The summed E-state index contributed by atoms with van der Waals surface area (Å²) in [7, 11) is 0. The Morgan fingerprint density at radius 2 is 1.73 bits per heavy atom. The lowest BCUT2D eigenvalue weighted by molar-refractivity contribution is 0.620. The van der Waals surface area contributed by atoms with Crippen molar-refractivity contribution >= 4 is 32.5 Å². The molecule has 2 N–H and O–H groups in total. The molecule has 3 aromatic carbocycles. The zero-order valence-corrected chi connectivity index (χ0v) is 18.0. The van der Waals surface area contributed by atoms with Crippen molar-refractivity contribution < 1.29 is 0 Å². The Morgan fingerprint density at radius 1 is 0.967 bits per heavy atom. The molecule has 1 aromatic heterocycles. The molecular formula is C25H20BrN3O. The molecule has 1 atom stereocenters. The Bertz CT molecular complexity index is 1320. The Morgan fingerprint density at radius 3 is 2.50 bits per heavy atom. The molecule has 30 heavy (non-hydrogen) atoms. The first-order chi connectivity index (χ1) is 14.6. The summed E-state index contributed by atoms with van der Waals surface area (Å²) in [6, 6.07) is 24.5. The van der Waals surface area contributed by atoms with Crippen molar-refractivity contribution in [2.24, 2.45) is 5.10 Å². The van der Waals surface area contributed by atoms with E-state index >= 15 is 0 Å². The van der Waals surface area contributed by atoms with Gasteiger partial charge in [-0.15, -0.1) is 0 Å². The van der Waals surface area contributed by atoms with E-state index in [1.807, 2.05) is 42.5 Å². The van der Waals surface area contributed by atoms with Gasteiger partial charge in [-0.2, -0.15) is 5.10 Å². The topological polar surface area (TPSA) is 57.2 Å². The van der Waals surface area contributed by atoms with Crippen LogP contribution in [0.3, 0.4) is 0 Å². The Hall–Kier alpha value is -3.18. The number of aromatic nitrogens is 1. The Balaban J connectivity index is 1.67. The van der Waals surface area contributed by atoms with Crippen LogP contribution in [0.1, 0.15) is 29.2 Å².